The van der Waals surface area contributed by atoms with Gasteiger partial charge >= 0.3 is 0 Å². The second kappa shape index (κ2) is 9.11. The molecule has 0 spiro atoms. The summed E-state index contributed by atoms with van der Waals surface area (Å²) in [6.07, 6.45) is 1.56. The maximum atomic E-state index is 12.1. The average Bonchev–Trinajstić information content (AvgIpc) is 2.65. The van der Waals surface area contributed by atoms with Gasteiger partial charge in [-0.3, -0.25) is 9.59 Å². The molecule has 2 aromatic carbocycles. The molecule has 2 aromatic rings. The molecule has 5 nitrogen and oxygen atoms in total. The Hall–Kier alpha value is -2.24. The van der Waals surface area contributed by atoms with E-state index in [1.165, 1.54) is 0 Å². The third-order valence-corrected chi connectivity index (χ3v) is 4.91. The molecule has 0 radical (unpaired) electrons. The van der Waals surface area contributed by atoms with Crippen LogP contribution >= 0.6 is 23.2 Å². The highest BCUT2D eigenvalue weighted by Crippen LogP contribution is 2.31. The lowest BCUT2D eigenvalue weighted by Gasteiger charge is -2.29. The number of para-hydroxylation sites is 2. The monoisotopic (exact) mass is 406 g/mol. The summed E-state index contributed by atoms with van der Waals surface area (Å²) in [5, 5.41) is 4.07. The molecule has 0 unspecified atom stereocenters. The van der Waals surface area contributed by atoms with Crippen LogP contribution in [0.15, 0.2) is 42.5 Å². The molecule has 0 bridgehead atoms. The summed E-state index contributed by atoms with van der Waals surface area (Å²) in [5.41, 5.74) is 1.70. The van der Waals surface area contributed by atoms with Crippen LogP contribution in [0.1, 0.15) is 18.4 Å². The Morgan fingerprint density at radius 1 is 1.19 bits per heavy atom. The van der Waals surface area contributed by atoms with Crippen molar-refractivity contribution in [3.8, 4) is 5.75 Å². The number of anilines is 1. The van der Waals surface area contributed by atoms with E-state index in [2.05, 4.69) is 5.32 Å². The highest BCUT2D eigenvalue weighted by Gasteiger charge is 2.24. The van der Waals surface area contributed by atoms with Gasteiger partial charge in [0.1, 0.15) is 5.75 Å². The standard InChI is InChI=1S/C20H20Cl2N2O3/c21-15-8-7-14(16(22)12-15)9-10-23-19(25)6-3-11-24-17-4-1-2-5-18(17)27-13-20(24)26/h1-2,4-5,7-8,12H,3,6,9-11,13H2,(H,23,25). The van der Waals surface area contributed by atoms with Gasteiger partial charge in [-0.2, -0.15) is 0 Å². The molecule has 1 N–H and O–H groups in total. The summed E-state index contributed by atoms with van der Waals surface area (Å²) < 4.78 is 5.42. The van der Waals surface area contributed by atoms with E-state index >= 15 is 0 Å². The lowest BCUT2D eigenvalue weighted by Crippen LogP contribution is -2.39. The number of fused-ring (bicyclic) bond motifs is 1. The van der Waals surface area contributed by atoms with Crippen LogP contribution in [0.4, 0.5) is 5.69 Å². The summed E-state index contributed by atoms with van der Waals surface area (Å²) >= 11 is 12.0. The zero-order valence-electron chi connectivity index (χ0n) is 14.7. The van der Waals surface area contributed by atoms with E-state index < -0.39 is 0 Å². The van der Waals surface area contributed by atoms with Crippen molar-refractivity contribution in [2.75, 3.05) is 24.6 Å². The van der Waals surface area contributed by atoms with Crippen molar-refractivity contribution in [3.05, 3.63) is 58.1 Å². The van der Waals surface area contributed by atoms with Crippen LogP contribution in [0.25, 0.3) is 0 Å². The van der Waals surface area contributed by atoms with E-state index in [4.69, 9.17) is 27.9 Å². The van der Waals surface area contributed by atoms with E-state index in [1.54, 1.807) is 17.0 Å². The van der Waals surface area contributed by atoms with Gasteiger partial charge in [-0.25, -0.2) is 0 Å². The Morgan fingerprint density at radius 3 is 2.81 bits per heavy atom. The Morgan fingerprint density at radius 2 is 2.00 bits per heavy atom. The third kappa shape index (κ3) is 5.15. The van der Waals surface area contributed by atoms with E-state index in [9.17, 15) is 9.59 Å². The number of nitrogens with one attached hydrogen (secondary N) is 1. The molecule has 27 heavy (non-hydrogen) atoms. The maximum Gasteiger partial charge on any atom is 0.265 e. The summed E-state index contributed by atoms with van der Waals surface area (Å²) in [6, 6.07) is 12.7. The molecule has 0 aliphatic carbocycles. The summed E-state index contributed by atoms with van der Waals surface area (Å²) in [7, 11) is 0. The number of benzene rings is 2. The predicted octanol–water partition coefficient (Wildman–Crippen LogP) is 3.86. The molecular weight excluding hydrogens is 387 g/mol. The van der Waals surface area contributed by atoms with Crippen molar-refractivity contribution in [1.82, 2.24) is 5.32 Å². The second-order valence-corrected chi connectivity index (χ2v) is 7.08. The zero-order chi connectivity index (χ0) is 19.2. The smallest absolute Gasteiger partial charge is 0.265 e. The number of carbonyl (C=O) groups excluding carboxylic acids is 2. The first kappa shape index (κ1) is 19.5. The molecule has 1 heterocycles. The van der Waals surface area contributed by atoms with Gasteiger partial charge in [0.15, 0.2) is 6.61 Å². The minimum Gasteiger partial charge on any atom is -0.482 e. The third-order valence-electron chi connectivity index (χ3n) is 4.33. The molecule has 1 aliphatic heterocycles. The molecule has 0 aromatic heterocycles. The van der Waals surface area contributed by atoms with Crippen molar-refractivity contribution in [3.63, 3.8) is 0 Å². The maximum absolute atomic E-state index is 12.1. The van der Waals surface area contributed by atoms with Crippen molar-refractivity contribution >= 4 is 40.7 Å². The molecule has 3 rings (SSSR count). The van der Waals surface area contributed by atoms with E-state index in [1.807, 2.05) is 30.3 Å². The van der Waals surface area contributed by atoms with Crippen molar-refractivity contribution < 1.29 is 14.3 Å². The fourth-order valence-electron chi connectivity index (χ4n) is 2.95. The molecule has 7 heteroatoms. The highest BCUT2D eigenvalue weighted by molar-refractivity contribution is 6.35. The normalized spacial score (nSPS) is 13.1. The number of hydrogen-bond donors (Lipinski definition) is 1. The van der Waals surface area contributed by atoms with E-state index in [0.717, 1.165) is 11.3 Å². The van der Waals surface area contributed by atoms with Gasteiger partial charge in [0, 0.05) is 29.6 Å². The minimum absolute atomic E-state index is 0.0328. The first-order valence-electron chi connectivity index (χ1n) is 8.77. The topological polar surface area (TPSA) is 58.6 Å². The largest absolute Gasteiger partial charge is 0.482 e. The molecular formula is C20H20Cl2N2O3. The number of halogens is 2. The fourth-order valence-corrected chi connectivity index (χ4v) is 3.45. The Bertz CT molecular complexity index is 842. The lowest BCUT2D eigenvalue weighted by atomic mass is 10.1. The number of ether oxygens (including phenoxy) is 1. The predicted molar refractivity (Wildman–Crippen MR) is 107 cm³/mol. The molecule has 0 atom stereocenters. The fraction of sp³-hybridized carbons (Fsp3) is 0.300. The van der Waals surface area contributed by atoms with Crippen molar-refractivity contribution in [2.24, 2.45) is 0 Å². The van der Waals surface area contributed by atoms with Gasteiger partial charge in [-0.05, 0) is 42.7 Å². The minimum atomic E-state index is -0.0912. The van der Waals surface area contributed by atoms with Crippen LogP contribution < -0.4 is 15.0 Å². The van der Waals surface area contributed by atoms with Crippen LogP contribution in [0.3, 0.4) is 0 Å². The van der Waals surface area contributed by atoms with Gasteiger partial charge in [0.05, 0.1) is 5.69 Å². The van der Waals surface area contributed by atoms with Crippen LogP contribution in [-0.2, 0) is 16.0 Å². The Labute approximate surface area is 168 Å². The second-order valence-electron chi connectivity index (χ2n) is 6.24. The van der Waals surface area contributed by atoms with Gasteiger partial charge in [0.25, 0.3) is 5.91 Å². The first-order chi connectivity index (χ1) is 13.0. The number of nitrogens with zero attached hydrogens (tertiary/aromatic N) is 1. The molecule has 0 saturated heterocycles. The van der Waals surface area contributed by atoms with Crippen LogP contribution in [-0.4, -0.2) is 31.5 Å². The SMILES string of the molecule is O=C(CCCN1C(=O)COc2ccccc21)NCCc1ccc(Cl)cc1Cl. The molecule has 1 aliphatic rings. The highest BCUT2D eigenvalue weighted by atomic mass is 35.5. The zero-order valence-corrected chi connectivity index (χ0v) is 16.2. The van der Waals surface area contributed by atoms with Gasteiger partial charge in [-0.15, -0.1) is 0 Å². The van der Waals surface area contributed by atoms with Crippen LogP contribution in [0.2, 0.25) is 10.0 Å². The average molecular weight is 407 g/mol. The van der Waals surface area contributed by atoms with Crippen molar-refractivity contribution in [1.29, 1.82) is 0 Å². The Balaban J connectivity index is 1.43. The number of hydrogen-bond acceptors (Lipinski definition) is 3. The van der Waals surface area contributed by atoms with Gasteiger partial charge in [-0.1, -0.05) is 41.4 Å². The molecule has 2 amide bonds. The summed E-state index contributed by atoms with van der Waals surface area (Å²) in [5.74, 6) is 0.557. The number of carbonyl (C=O) groups is 2. The van der Waals surface area contributed by atoms with E-state index in [0.29, 0.717) is 48.1 Å². The van der Waals surface area contributed by atoms with Crippen LogP contribution in [0, 0.1) is 0 Å². The molecule has 142 valence electrons. The quantitative estimate of drug-likeness (QED) is 0.759. The molecule has 0 fully saturated rings. The van der Waals surface area contributed by atoms with Crippen LogP contribution in [0.5, 0.6) is 5.75 Å². The van der Waals surface area contributed by atoms with E-state index in [-0.39, 0.29) is 18.4 Å². The lowest BCUT2D eigenvalue weighted by molar-refractivity contribution is -0.122. The Kier molecular flexibility index (Phi) is 6.58. The first-order valence-corrected chi connectivity index (χ1v) is 9.53. The van der Waals surface area contributed by atoms with Gasteiger partial charge in [0.2, 0.25) is 5.91 Å². The number of rotatable bonds is 7. The number of amides is 2. The molecule has 0 saturated carbocycles. The van der Waals surface area contributed by atoms with Gasteiger partial charge < -0.3 is 15.0 Å². The van der Waals surface area contributed by atoms with Crippen molar-refractivity contribution in [2.45, 2.75) is 19.3 Å². The summed E-state index contributed by atoms with van der Waals surface area (Å²) in [6.45, 7) is 1.01. The summed E-state index contributed by atoms with van der Waals surface area (Å²) in [4.78, 5) is 25.8.